The molecule has 0 aliphatic carbocycles. The maximum Gasteiger partial charge on any atom is 0.250 e. The van der Waals surface area contributed by atoms with Crippen LogP contribution in [0.4, 0.5) is 0 Å². The molecule has 0 radical (unpaired) electrons. The molecule has 1 aliphatic rings. The third kappa shape index (κ3) is 2.80. The number of likely N-dealkylation sites (N-methyl/N-ethyl adjacent to an activating group) is 1. The standard InChI is InChI=1S/C15H24N4O2/c1-12(2)13(20)18-10-6-15(7-11-18,14(21)17(3)4)19-9-5-8-16-19/h5,8-9,12H,6-7,10-11H2,1-4H3. The van der Waals surface area contributed by atoms with Crippen molar-refractivity contribution in [3.63, 3.8) is 0 Å². The predicted octanol–water partition coefficient (Wildman–Crippen LogP) is 0.945. The van der Waals surface area contributed by atoms with Crippen molar-refractivity contribution in [3.05, 3.63) is 18.5 Å². The van der Waals surface area contributed by atoms with Crippen LogP contribution in [-0.4, -0.2) is 58.6 Å². The lowest BCUT2D eigenvalue weighted by Gasteiger charge is -2.42. The summed E-state index contributed by atoms with van der Waals surface area (Å²) >= 11 is 0. The molecule has 2 heterocycles. The second-order valence-electron chi connectivity index (χ2n) is 6.16. The maximum absolute atomic E-state index is 12.7. The third-order valence-electron chi connectivity index (χ3n) is 4.14. The zero-order valence-electron chi connectivity index (χ0n) is 13.2. The van der Waals surface area contributed by atoms with E-state index in [0.717, 1.165) is 0 Å². The number of aromatic nitrogens is 2. The Morgan fingerprint density at radius 2 is 1.86 bits per heavy atom. The second-order valence-corrected chi connectivity index (χ2v) is 6.16. The van der Waals surface area contributed by atoms with Gasteiger partial charge in [0.25, 0.3) is 0 Å². The largest absolute Gasteiger partial charge is 0.347 e. The molecule has 1 aliphatic heterocycles. The Hall–Kier alpha value is -1.85. The number of carbonyl (C=O) groups is 2. The van der Waals surface area contributed by atoms with Gasteiger partial charge in [-0.25, -0.2) is 0 Å². The van der Waals surface area contributed by atoms with Crippen molar-refractivity contribution in [3.8, 4) is 0 Å². The second kappa shape index (κ2) is 5.87. The minimum Gasteiger partial charge on any atom is -0.347 e. The number of amides is 2. The van der Waals surface area contributed by atoms with Gasteiger partial charge in [0, 0.05) is 45.5 Å². The van der Waals surface area contributed by atoms with E-state index in [-0.39, 0.29) is 17.7 Å². The molecule has 0 unspecified atom stereocenters. The quantitative estimate of drug-likeness (QED) is 0.833. The lowest BCUT2D eigenvalue weighted by atomic mass is 9.85. The molecule has 1 aromatic heterocycles. The number of likely N-dealkylation sites (tertiary alicyclic amines) is 1. The fourth-order valence-corrected chi connectivity index (χ4v) is 2.94. The van der Waals surface area contributed by atoms with Gasteiger partial charge in [-0.05, 0) is 18.9 Å². The first-order valence-corrected chi connectivity index (χ1v) is 7.39. The Kier molecular flexibility index (Phi) is 4.34. The summed E-state index contributed by atoms with van der Waals surface area (Å²) in [6.45, 7) is 5.00. The van der Waals surface area contributed by atoms with Gasteiger partial charge < -0.3 is 9.80 Å². The van der Waals surface area contributed by atoms with Crippen LogP contribution in [0.3, 0.4) is 0 Å². The van der Waals surface area contributed by atoms with Gasteiger partial charge in [-0.1, -0.05) is 13.8 Å². The minimum atomic E-state index is -0.666. The van der Waals surface area contributed by atoms with Crippen LogP contribution in [0, 0.1) is 5.92 Å². The van der Waals surface area contributed by atoms with E-state index in [1.165, 1.54) is 0 Å². The molecule has 0 aromatic carbocycles. The van der Waals surface area contributed by atoms with Gasteiger partial charge in [0.05, 0.1) is 0 Å². The molecule has 0 saturated carbocycles. The van der Waals surface area contributed by atoms with Crippen molar-refractivity contribution in [2.24, 2.45) is 5.92 Å². The van der Waals surface area contributed by atoms with Gasteiger partial charge in [0.2, 0.25) is 11.8 Å². The Morgan fingerprint density at radius 1 is 1.24 bits per heavy atom. The van der Waals surface area contributed by atoms with Crippen LogP contribution in [0.2, 0.25) is 0 Å². The first kappa shape index (κ1) is 15.5. The van der Waals surface area contributed by atoms with E-state index in [1.54, 1.807) is 29.9 Å². The molecule has 1 fully saturated rings. The number of hydrogen-bond donors (Lipinski definition) is 0. The van der Waals surface area contributed by atoms with Crippen molar-refractivity contribution in [2.75, 3.05) is 27.2 Å². The van der Waals surface area contributed by atoms with Crippen LogP contribution in [0.25, 0.3) is 0 Å². The highest BCUT2D eigenvalue weighted by Gasteiger charge is 2.45. The SMILES string of the molecule is CC(C)C(=O)N1CCC(C(=O)N(C)C)(n2cccn2)CC1. The Morgan fingerprint density at radius 3 is 2.29 bits per heavy atom. The molecule has 6 heteroatoms. The number of rotatable bonds is 3. The fourth-order valence-electron chi connectivity index (χ4n) is 2.94. The molecular weight excluding hydrogens is 268 g/mol. The van der Waals surface area contributed by atoms with E-state index in [0.29, 0.717) is 25.9 Å². The molecule has 21 heavy (non-hydrogen) atoms. The van der Waals surface area contributed by atoms with E-state index < -0.39 is 5.54 Å². The van der Waals surface area contributed by atoms with Gasteiger partial charge in [-0.2, -0.15) is 5.10 Å². The lowest BCUT2D eigenvalue weighted by Crippen LogP contribution is -2.56. The first-order valence-electron chi connectivity index (χ1n) is 7.39. The third-order valence-corrected chi connectivity index (χ3v) is 4.14. The smallest absolute Gasteiger partial charge is 0.250 e. The van der Waals surface area contributed by atoms with Crippen LogP contribution < -0.4 is 0 Å². The van der Waals surface area contributed by atoms with Crippen LogP contribution >= 0.6 is 0 Å². The fraction of sp³-hybridized carbons (Fsp3) is 0.667. The molecular formula is C15H24N4O2. The molecule has 116 valence electrons. The Labute approximate surface area is 125 Å². The van der Waals surface area contributed by atoms with Gasteiger partial charge in [0.15, 0.2) is 0 Å². The zero-order chi connectivity index (χ0) is 15.6. The van der Waals surface area contributed by atoms with E-state index in [2.05, 4.69) is 5.10 Å². The summed E-state index contributed by atoms with van der Waals surface area (Å²) in [4.78, 5) is 28.3. The molecule has 6 nitrogen and oxygen atoms in total. The van der Waals surface area contributed by atoms with E-state index in [1.807, 2.05) is 31.0 Å². The number of hydrogen-bond acceptors (Lipinski definition) is 3. The monoisotopic (exact) mass is 292 g/mol. The minimum absolute atomic E-state index is 0.00764. The average Bonchev–Trinajstić information content (AvgIpc) is 3.00. The normalized spacial score (nSPS) is 17.9. The summed E-state index contributed by atoms with van der Waals surface area (Å²) < 4.78 is 1.76. The summed E-state index contributed by atoms with van der Waals surface area (Å²) in [6, 6.07) is 1.83. The van der Waals surface area contributed by atoms with Crippen LogP contribution in [-0.2, 0) is 15.1 Å². The van der Waals surface area contributed by atoms with Crippen molar-refractivity contribution < 1.29 is 9.59 Å². The molecule has 0 bridgehead atoms. The van der Waals surface area contributed by atoms with Crippen molar-refractivity contribution in [1.29, 1.82) is 0 Å². The molecule has 0 atom stereocenters. The predicted molar refractivity (Wildman–Crippen MR) is 79.5 cm³/mol. The van der Waals surface area contributed by atoms with Crippen molar-refractivity contribution in [1.82, 2.24) is 19.6 Å². The van der Waals surface area contributed by atoms with Crippen LogP contribution in [0.1, 0.15) is 26.7 Å². The Balaban J connectivity index is 2.22. The number of nitrogens with zero attached hydrogens (tertiary/aromatic N) is 4. The molecule has 2 amide bonds. The molecule has 1 saturated heterocycles. The zero-order valence-corrected chi connectivity index (χ0v) is 13.2. The highest BCUT2D eigenvalue weighted by atomic mass is 16.2. The van der Waals surface area contributed by atoms with E-state index >= 15 is 0 Å². The summed E-state index contributed by atoms with van der Waals surface area (Å²) in [5.41, 5.74) is -0.666. The number of carbonyl (C=O) groups excluding carboxylic acids is 2. The van der Waals surface area contributed by atoms with Gasteiger partial charge in [-0.3, -0.25) is 14.3 Å². The molecule has 1 aromatic rings. The van der Waals surface area contributed by atoms with Gasteiger partial charge >= 0.3 is 0 Å². The van der Waals surface area contributed by atoms with Gasteiger partial charge in [-0.15, -0.1) is 0 Å². The average molecular weight is 292 g/mol. The highest BCUT2D eigenvalue weighted by Crippen LogP contribution is 2.31. The summed E-state index contributed by atoms with van der Waals surface area (Å²) in [5, 5.41) is 4.29. The highest BCUT2D eigenvalue weighted by molar-refractivity contribution is 5.85. The lowest BCUT2D eigenvalue weighted by molar-refractivity contribution is -0.146. The number of piperidine rings is 1. The maximum atomic E-state index is 12.7. The van der Waals surface area contributed by atoms with Gasteiger partial charge in [0.1, 0.15) is 5.54 Å². The van der Waals surface area contributed by atoms with E-state index in [9.17, 15) is 9.59 Å². The summed E-state index contributed by atoms with van der Waals surface area (Å²) in [6.07, 6.45) is 4.73. The van der Waals surface area contributed by atoms with Crippen molar-refractivity contribution >= 4 is 11.8 Å². The van der Waals surface area contributed by atoms with E-state index in [4.69, 9.17) is 0 Å². The van der Waals surface area contributed by atoms with Crippen LogP contribution in [0.15, 0.2) is 18.5 Å². The van der Waals surface area contributed by atoms with Crippen LogP contribution in [0.5, 0.6) is 0 Å². The summed E-state index contributed by atoms with van der Waals surface area (Å²) in [7, 11) is 3.53. The summed E-state index contributed by atoms with van der Waals surface area (Å²) in [5.74, 6) is 0.191. The van der Waals surface area contributed by atoms with Crippen molar-refractivity contribution in [2.45, 2.75) is 32.2 Å². The molecule has 0 N–H and O–H groups in total. The topological polar surface area (TPSA) is 58.4 Å². The Bertz CT molecular complexity index is 500. The molecule has 0 spiro atoms. The first-order chi connectivity index (χ1) is 9.88. The molecule has 2 rings (SSSR count).